The summed E-state index contributed by atoms with van der Waals surface area (Å²) in [5.74, 6) is -0.245. The zero-order valence-corrected chi connectivity index (χ0v) is 7.38. The number of carbonyl (C=O) groups excluding carboxylic acids is 1. The molecule has 0 radical (unpaired) electrons. The molecule has 0 aliphatic carbocycles. The summed E-state index contributed by atoms with van der Waals surface area (Å²) in [5.41, 5.74) is 4.92. The number of nitrogens with two attached hydrogens (primary N) is 1. The summed E-state index contributed by atoms with van der Waals surface area (Å²) < 4.78 is 0.699. The van der Waals surface area contributed by atoms with E-state index >= 15 is 0 Å². The van der Waals surface area contributed by atoms with Gasteiger partial charge >= 0.3 is 0 Å². The van der Waals surface area contributed by atoms with Crippen LogP contribution in [0.4, 0.5) is 0 Å². The van der Waals surface area contributed by atoms with Gasteiger partial charge in [0.15, 0.2) is 0 Å². The molecule has 0 rings (SSSR count). The lowest BCUT2D eigenvalue weighted by atomic mass is 10.2. The Labute approximate surface area is 71.6 Å². The van der Waals surface area contributed by atoms with Gasteiger partial charge in [-0.1, -0.05) is 12.2 Å². The molecule has 0 atom stereocenters. The molecule has 0 fully saturated rings. The van der Waals surface area contributed by atoms with Crippen molar-refractivity contribution in [2.75, 3.05) is 0 Å². The van der Waals surface area contributed by atoms with Crippen LogP contribution in [0.3, 0.4) is 0 Å². The van der Waals surface area contributed by atoms with Crippen molar-refractivity contribution in [1.29, 1.82) is 0 Å². The van der Waals surface area contributed by atoms with Crippen molar-refractivity contribution in [1.82, 2.24) is 0 Å². The van der Waals surface area contributed by atoms with E-state index in [4.69, 9.17) is 18.0 Å². The van der Waals surface area contributed by atoms with Gasteiger partial charge in [-0.15, -0.1) is 12.6 Å². The Balaban J connectivity index is 3.06. The van der Waals surface area contributed by atoms with Crippen molar-refractivity contribution < 1.29 is 4.79 Å². The summed E-state index contributed by atoms with van der Waals surface area (Å²) in [5, 5.41) is 0. The monoisotopic (exact) mass is 177 g/mol. The van der Waals surface area contributed by atoms with Crippen molar-refractivity contribution in [2.24, 2.45) is 5.73 Å². The Bertz CT molecular complexity index is 120. The predicted molar refractivity (Wildman–Crippen MR) is 49.2 cm³/mol. The summed E-state index contributed by atoms with van der Waals surface area (Å²) in [7, 11) is 0. The minimum absolute atomic E-state index is 0.245. The number of hydrogen-bond acceptors (Lipinski definition) is 2. The van der Waals surface area contributed by atoms with Crippen molar-refractivity contribution in [2.45, 2.75) is 25.7 Å². The smallest absolute Gasteiger partial charge is 0.217 e. The van der Waals surface area contributed by atoms with Gasteiger partial charge in [0.1, 0.15) is 0 Å². The molecule has 0 aliphatic heterocycles. The first-order chi connectivity index (χ1) is 4.63. The van der Waals surface area contributed by atoms with Crippen LogP contribution in [0.2, 0.25) is 0 Å². The van der Waals surface area contributed by atoms with E-state index in [-0.39, 0.29) is 5.91 Å². The normalized spacial score (nSPS) is 9.30. The lowest BCUT2D eigenvalue weighted by Crippen LogP contribution is -2.09. The third-order valence-corrected chi connectivity index (χ3v) is 1.49. The van der Waals surface area contributed by atoms with Crippen LogP contribution in [0.1, 0.15) is 25.7 Å². The molecule has 0 saturated heterocycles. The van der Waals surface area contributed by atoms with Gasteiger partial charge in [-0.2, -0.15) is 0 Å². The minimum Gasteiger partial charge on any atom is -0.370 e. The largest absolute Gasteiger partial charge is 0.370 e. The third-order valence-electron chi connectivity index (χ3n) is 1.06. The Morgan fingerprint density at radius 1 is 1.40 bits per heavy atom. The van der Waals surface area contributed by atoms with Gasteiger partial charge in [-0.3, -0.25) is 4.79 Å². The first kappa shape index (κ1) is 9.91. The summed E-state index contributed by atoms with van der Waals surface area (Å²) >= 11 is 8.66. The van der Waals surface area contributed by atoms with E-state index in [0.29, 0.717) is 10.6 Å². The van der Waals surface area contributed by atoms with Gasteiger partial charge in [-0.25, -0.2) is 0 Å². The maximum absolute atomic E-state index is 10.2. The lowest BCUT2D eigenvalue weighted by molar-refractivity contribution is -0.118. The first-order valence-electron chi connectivity index (χ1n) is 3.13. The number of amides is 1. The third kappa shape index (κ3) is 7.91. The molecule has 0 unspecified atom stereocenters. The Morgan fingerprint density at radius 2 is 1.90 bits per heavy atom. The molecule has 0 aliphatic rings. The molecule has 0 saturated carbocycles. The van der Waals surface area contributed by atoms with Crippen LogP contribution in [-0.4, -0.2) is 10.1 Å². The molecular formula is C6H11NOS2. The van der Waals surface area contributed by atoms with Gasteiger partial charge in [0, 0.05) is 10.6 Å². The van der Waals surface area contributed by atoms with Gasteiger partial charge in [0.25, 0.3) is 0 Å². The second-order valence-electron chi connectivity index (χ2n) is 2.07. The van der Waals surface area contributed by atoms with Crippen LogP contribution in [0.15, 0.2) is 0 Å². The van der Waals surface area contributed by atoms with E-state index in [1.807, 2.05) is 0 Å². The molecule has 0 aromatic carbocycles. The topological polar surface area (TPSA) is 43.1 Å². The second-order valence-corrected chi connectivity index (χ2v) is 3.40. The lowest BCUT2D eigenvalue weighted by Gasteiger charge is -1.94. The number of hydrogen-bond donors (Lipinski definition) is 2. The number of primary amides is 1. The SMILES string of the molecule is NC(=O)CCCCC(=S)S. The number of unbranched alkanes of at least 4 members (excludes halogenated alkanes) is 1. The van der Waals surface area contributed by atoms with Crippen LogP contribution in [0.5, 0.6) is 0 Å². The molecule has 0 spiro atoms. The molecule has 0 heterocycles. The standard InChI is InChI=1S/C6H11NOS2/c7-5(8)3-1-2-4-6(9)10/h1-4H2,(H2,7,8)(H,9,10). The second kappa shape index (κ2) is 5.68. The van der Waals surface area contributed by atoms with Gasteiger partial charge in [0.05, 0.1) is 0 Å². The van der Waals surface area contributed by atoms with E-state index < -0.39 is 0 Å². The number of thiol groups is 1. The molecular weight excluding hydrogens is 166 g/mol. The number of rotatable bonds is 5. The van der Waals surface area contributed by atoms with Crippen molar-refractivity contribution in [3.63, 3.8) is 0 Å². The summed E-state index contributed by atoms with van der Waals surface area (Å²) in [6, 6.07) is 0. The van der Waals surface area contributed by atoms with E-state index in [2.05, 4.69) is 12.6 Å². The first-order valence-corrected chi connectivity index (χ1v) is 3.98. The van der Waals surface area contributed by atoms with Crippen LogP contribution < -0.4 is 5.73 Å². The Morgan fingerprint density at radius 3 is 2.30 bits per heavy atom. The highest BCUT2D eigenvalue weighted by molar-refractivity contribution is 8.11. The van der Waals surface area contributed by atoms with E-state index in [0.717, 1.165) is 19.3 Å². The molecule has 0 aromatic heterocycles. The molecule has 4 heteroatoms. The van der Waals surface area contributed by atoms with Crippen molar-refractivity contribution >= 4 is 35.0 Å². The molecule has 2 nitrogen and oxygen atoms in total. The molecule has 2 N–H and O–H groups in total. The van der Waals surface area contributed by atoms with Crippen LogP contribution >= 0.6 is 24.8 Å². The molecule has 10 heavy (non-hydrogen) atoms. The van der Waals surface area contributed by atoms with Crippen LogP contribution in [-0.2, 0) is 4.79 Å². The number of thiocarbonyl (C=S) groups is 1. The van der Waals surface area contributed by atoms with Gasteiger partial charge in [0.2, 0.25) is 5.91 Å². The summed E-state index contributed by atoms with van der Waals surface area (Å²) in [4.78, 5) is 10.2. The number of carbonyl (C=O) groups is 1. The Hall–Kier alpha value is -0.0900. The van der Waals surface area contributed by atoms with Crippen LogP contribution in [0.25, 0.3) is 0 Å². The highest BCUT2D eigenvalue weighted by Gasteiger charge is 1.94. The average Bonchev–Trinajstić information content (AvgIpc) is 1.79. The van der Waals surface area contributed by atoms with E-state index in [9.17, 15) is 4.79 Å². The van der Waals surface area contributed by atoms with Gasteiger partial charge < -0.3 is 5.73 Å². The summed E-state index contributed by atoms with van der Waals surface area (Å²) in [6.45, 7) is 0. The molecule has 1 amide bonds. The van der Waals surface area contributed by atoms with Gasteiger partial charge in [-0.05, 0) is 19.3 Å². The average molecular weight is 177 g/mol. The summed E-state index contributed by atoms with van der Waals surface area (Å²) in [6.07, 6.45) is 2.98. The van der Waals surface area contributed by atoms with Crippen LogP contribution in [0, 0.1) is 0 Å². The quantitative estimate of drug-likeness (QED) is 0.377. The molecule has 0 bridgehead atoms. The highest BCUT2D eigenvalue weighted by atomic mass is 32.1. The maximum atomic E-state index is 10.2. The fourth-order valence-corrected chi connectivity index (χ4v) is 0.878. The van der Waals surface area contributed by atoms with E-state index in [1.54, 1.807) is 0 Å². The van der Waals surface area contributed by atoms with Crippen molar-refractivity contribution in [3.8, 4) is 0 Å². The van der Waals surface area contributed by atoms with Crippen molar-refractivity contribution in [3.05, 3.63) is 0 Å². The highest BCUT2D eigenvalue weighted by Crippen LogP contribution is 2.02. The molecule has 58 valence electrons. The van der Waals surface area contributed by atoms with E-state index in [1.165, 1.54) is 0 Å². The fraction of sp³-hybridized carbons (Fsp3) is 0.667. The minimum atomic E-state index is -0.245. The predicted octanol–water partition coefficient (Wildman–Crippen LogP) is 1.29. The zero-order chi connectivity index (χ0) is 7.98. The molecule has 0 aromatic rings. The zero-order valence-electron chi connectivity index (χ0n) is 5.67. The fourth-order valence-electron chi connectivity index (χ4n) is 0.575. The maximum Gasteiger partial charge on any atom is 0.217 e. The Kier molecular flexibility index (Phi) is 5.63.